The van der Waals surface area contributed by atoms with Crippen LogP contribution in [0.25, 0.3) is 0 Å². The van der Waals surface area contributed by atoms with Crippen LogP contribution in [-0.2, 0) is 16.1 Å². The Morgan fingerprint density at radius 1 is 1.15 bits per heavy atom. The molecule has 1 unspecified atom stereocenters. The third-order valence-corrected chi connectivity index (χ3v) is 5.99. The van der Waals surface area contributed by atoms with Gasteiger partial charge in [-0.15, -0.1) is 0 Å². The molecule has 2 aromatic rings. The van der Waals surface area contributed by atoms with Crippen LogP contribution in [-0.4, -0.2) is 42.5 Å². The fourth-order valence-corrected chi connectivity index (χ4v) is 4.09. The molecule has 1 aliphatic heterocycles. The SMILES string of the molecule is CO.O=C(NC1CCC1)c1cccc(N2CCC(C(=O)NCc3cc(F)cc(Cl)c3)C2=O)c1. The van der Waals surface area contributed by atoms with E-state index in [1.54, 1.807) is 30.3 Å². The highest BCUT2D eigenvalue weighted by Gasteiger charge is 2.37. The van der Waals surface area contributed by atoms with E-state index >= 15 is 0 Å². The first kappa shape index (κ1) is 24.7. The number of nitrogens with zero attached hydrogens (tertiary/aromatic N) is 1. The van der Waals surface area contributed by atoms with Crippen molar-refractivity contribution in [3.8, 4) is 0 Å². The zero-order valence-electron chi connectivity index (χ0n) is 18.3. The number of halogens is 2. The first-order chi connectivity index (χ1) is 15.9. The summed E-state index contributed by atoms with van der Waals surface area (Å²) >= 11 is 5.83. The predicted molar refractivity (Wildman–Crippen MR) is 123 cm³/mol. The van der Waals surface area contributed by atoms with Gasteiger partial charge >= 0.3 is 0 Å². The van der Waals surface area contributed by atoms with Crippen LogP contribution in [0.3, 0.4) is 0 Å². The topological polar surface area (TPSA) is 98.7 Å². The van der Waals surface area contributed by atoms with E-state index in [1.165, 1.54) is 17.0 Å². The summed E-state index contributed by atoms with van der Waals surface area (Å²) < 4.78 is 13.5. The number of hydrogen-bond acceptors (Lipinski definition) is 4. The van der Waals surface area contributed by atoms with Gasteiger partial charge in [-0.3, -0.25) is 14.4 Å². The lowest BCUT2D eigenvalue weighted by Crippen LogP contribution is -2.39. The zero-order valence-corrected chi connectivity index (χ0v) is 19.1. The molecule has 2 fully saturated rings. The smallest absolute Gasteiger partial charge is 0.251 e. The van der Waals surface area contributed by atoms with Crippen LogP contribution in [0.1, 0.15) is 41.6 Å². The van der Waals surface area contributed by atoms with Gasteiger partial charge in [0.05, 0.1) is 0 Å². The second-order valence-corrected chi connectivity index (χ2v) is 8.41. The summed E-state index contributed by atoms with van der Waals surface area (Å²) in [7, 11) is 1.00. The lowest BCUT2D eigenvalue weighted by molar-refractivity contribution is -0.132. The second-order valence-electron chi connectivity index (χ2n) is 7.98. The number of hydrogen-bond donors (Lipinski definition) is 3. The van der Waals surface area contributed by atoms with E-state index in [1.807, 2.05) is 0 Å². The monoisotopic (exact) mass is 475 g/mol. The number of carbonyl (C=O) groups is 3. The largest absolute Gasteiger partial charge is 0.400 e. The van der Waals surface area contributed by atoms with Crippen molar-refractivity contribution in [1.82, 2.24) is 10.6 Å². The van der Waals surface area contributed by atoms with Crippen molar-refractivity contribution in [2.24, 2.45) is 5.92 Å². The van der Waals surface area contributed by atoms with Crippen molar-refractivity contribution in [2.45, 2.75) is 38.3 Å². The Hall–Kier alpha value is -2.97. The van der Waals surface area contributed by atoms with Gasteiger partial charge in [-0.05, 0) is 67.6 Å². The van der Waals surface area contributed by atoms with Gasteiger partial charge in [0.15, 0.2) is 0 Å². The third kappa shape index (κ3) is 6.09. The quantitative estimate of drug-likeness (QED) is 0.559. The molecule has 1 atom stereocenters. The first-order valence-electron chi connectivity index (χ1n) is 10.8. The minimum absolute atomic E-state index is 0.0803. The van der Waals surface area contributed by atoms with Gasteiger partial charge in [0.1, 0.15) is 11.7 Å². The molecule has 1 saturated heterocycles. The molecule has 1 heterocycles. The number of aliphatic hydroxyl groups excluding tert-OH is 1. The molecule has 9 heteroatoms. The van der Waals surface area contributed by atoms with Gasteiger partial charge in [0.25, 0.3) is 5.91 Å². The Kier molecular flexibility index (Phi) is 8.41. The Morgan fingerprint density at radius 3 is 2.58 bits per heavy atom. The summed E-state index contributed by atoms with van der Waals surface area (Å²) in [6, 6.07) is 11.2. The summed E-state index contributed by atoms with van der Waals surface area (Å²) in [4.78, 5) is 39.4. The Labute approximate surface area is 196 Å². The minimum atomic E-state index is -0.823. The maximum atomic E-state index is 13.5. The number of aliphatic hydroxyl groups is 1. The average Bonchev–Trinajstić information content (AvgIpc) is 3.16. The fourth-order valence-electron chi connectivity index (χ4n) is 3.84. The van der Waals surface area contributed by atoms with Crippen LogP contribution in [0, 0.1) is 11.7 Å². The molecule has 0 aromatic heterocycles. The standard InChI is InChI=1S/C23H23ClFN3O3.CH4O/c24-16-9-14(10-17(25)12-16)13-26-22(30)20-7-8-28(23(20)31)19-6-1-3-15(11-19)21(29)27-18-4-2-5-18;1-2/h1,3,6,9-12,18,20H,2,4-5,7-8,13H2,(H,26,30)(H,27,29);2H,1H3. The zero-order chi connectivity index (χ0) is 24.0. The maximum absolute atomic E-state index is 13.5. The number of amides is 3. The second kappa shape index (κ2) is 11.2. The van der Waals surface area contributed by atoms with Gasteiger partial charge in [0, 0.05) is 42.5 Å². The number of benzene rings is 2. The Morgan fingerprint density at radius 2 is 1.91 bits per heavy atom. The Balaban J connectivity index is 0.00000149. The lowest BCUT2D eigenvalue weighted by Gasteiger charge is -2.26. The summed E-state index contributed by atoms with van der Waals surface area (Å²) in [6.07, 6.45) is 3.49. The van der Waals surface area contributed by atoms with E-state index in [0.717, 1.165) is 26.4 Å². The third-order valence-electron chi connectivity index (χ3n) is 5.77. The molecule has 0 radical (unpaired) electrons. The molecular weight excluding hydrogens is 449 g/mol. The average molecular weight is 476 g/mol. The summed E-state index contributed by atoms with van der Waals surface area (Å²) in [5.41, 5.74) is 1.61. The van der Waals surface area contributed by atoms with Crippen LogP contribution in [0.15, 0.2) is 42.5 Å². The van der Waals surface area contributed by atoms with Crippen molar-refractivity contribution >= 4 is 35.0 Å². The molecule has 2 aliphatic rings. The highest BCUT2D eigenvalue weighted by atomic mass is 35.5. The lowest BCUT2D eigenvalue weighted by atomic mass is 9.93. The fraction of sp³-hybridized carbons (Fsp3) is 0.375. The molecule has 4 rings (SSSR count). The van der Waals surface area contributed by atoms with Crippen molar-refractivity contribution in [2.75, 3.05) is 18.6 Å². The molecular formula is C24H27ClFN3O4. The molecule has 3 amide bonds. The van der Waals surface area contributed by atoms with Crippen LogP contribution >= 0.6 is 11.6 Å². The van der Waals surface area contributed by atoms with E-state index < -0.39 is 17.6 Å². The predicted octanol–water partition coefficient (Wildman–Crippen LogP) is 3.04. The minimum Gasteiger partial charge on any atom is -0.400 e. The van der Waals surface area contributed by atoms with Crippen molar-refractivity contribution in [3.05, 3.63) is 64.4 Å². The van der Waals surface area contributed by atoms with Crippen molar-refractivity contribution in [1.29, 1.82) is 0 Å². The Bertz CT molecular complexity index is 1010. The molecule has 0 bridgehead atoms. The normalized spacial score (nSPS) is 17.6. The number of anilines is 1. The van der Waals surface area contributed by atoms with Crippen molar-refractivity contribution < 1.29 is 23.9 Å². The summed E-state index contributed by atoms with van der Waals surface area (Å²) in [6.45, 7) is 0.466. The number of carbonyl (C=O) groups excluding carboxylic acids is 3. The first-order valence-corrected chi connectivity index (χ1v) is 11.2. The molecule has 1 aliphatic carbocycles. The van der Waals surface area contributed by atoms with E-state index in [4.69, 9.17) is 16.7 Å². The number of nitrogens with one attached hydrogen (secondary N) is 2. The van der Waals surface area contributed by atoms with E-state index in [0.29, 0.717) is 29.8 Å². The molecule has 0 spiro atoms. The van der Waals surface area contributed by atoms with Gasteiger partial charge in [0.2, 0.25) is 11.8 Å². The molecule has 33 heavy (non-hydrogen) atoms. The van der Waals surface area contributed by atoms with Crippen LogP contribution in [0.4, 0.5) is 10.1 Å². The van der Waals surface area contributed by atoms with E-state index in [2.05, 4.69) is 10.6 Å². The molecule has 2 aromatic carbocycles. The summed E-state index contributed by atoms with van der Waals surface area (Å²) in [5, 5.41) is 12.9. The molecule has 1 saturated carbocycles. The van der Waals surface area contributed by atoms with Gasteiger partial charge in [-0.2, -0.15) is 0 Å². The van der Waals surface area contributed by atoms with Crippen LogP contribution in [0.5, 0.6) is 0 Å². The highest BCUT2D eigenvalue weighted by Crippen LogP contribution is 2.27. The number of rotatable bonds is 6. The van der Waals surface area contributed by atoms with Crippen LogP contribution in [0.2, 0.25) is 5.02 Å². The maximum Gasteiger partial charge on any atom is 0.251 e. The summed E-state index contributed by atoms with van der Waals surface area (Å²) in [5.74, 6) is -2.18. The molecule has 176 valence electrons. The van der Waals surface area contributed by atoms with Gasteiger partial charge in [-0.25, -0.2) is 4.39 Å². The van der Waals surface area contributed by atoms with Crippen LogP contribution < -0.4 is 15.5 Å². The van der Waals surface area contributed by atoms with E-state index in [-0.39, 0.29) is 29.4 Å². The molecule has 3 N–H and O–H groups in total. The van der Waals surface area contributed by atoms with E-state index in [9.17, 15) is 18.8 Å². The van der Waals surface area contributed by atoms with Crippen molar-refractivity contribution in [3.63, 3.8) is 0 Å². The highest BCUT2D eigenvalue weighted by molar-refractivity contribution is 6.30. The van der Waals surface area contributed by atoms with Gasteiger partial charge in [-0.1, -0.05) is 17.7 Å². The molecule has 7 nitrogen and oxygen atoms in total. The van der Waals surface area contributed by atoms with Gasteiger partial charge < -0.3 is 20.6 Å².